The van der Waals surface area contributed by atoms with E-state index < -0.39 is 45.5 Å². The molecule has 0 radical (unpaired) electrons. The number of ether oxygens (including phenoxy) is 2. The monoisotopic (exact) mass is 642 g/mol. The number of para-hydroxylation sites is 1. The number of anilines is 1. The maximum Gasteiger partial charge on any atom is 0.416 e. The van der Waals surface area contributed by atoms with Gasteiger partial charge in [-0.25, -0.2) is 17.6 Å². The highest BCUT2D eigenvalue weighted by atomic mass is 32.2. The first-order valence-electron chi connectivity index (χ1n) is 13.6. The minimum Gasteiger partial charge on any atom is -0.492 e. The number of rotatable bonds is 9. The van der Waals surface area contributed by atoms with Gasteiger partial charge >= 0.3 is 12.1 Å². The van der Waals surface area contributed by atoms with E-state index in [-0.39, 0.29) is 41.3 Å². The van der Waals surface area contributed by atoms with E-state index in [0.29, 0.717) is 16.8 Å². The van der Waals surface area contributed by atoms with E-state index in [4.69, 9.17) is 4.74 Å². The van der Waals surface area contributed by atoms with Crippen molar-refractivity contribution < 1.29 is 45.0 Å². The van der Waals surface area contributed by atoms with E-state index in [0.717, 1.165) is 29.6 Å². The van der Waals surface area contributed by atoms with Gasteiger partial charge in [-0.1, -0.05) is 42.5 Å². The zero-order chi connectivity index (χ0) is 32.4. The normalized spacial score (nSPS) is 14.5. The topological polar surface area (TPSA) is 102 Å². The number of amides is 1. The zero-order valence-corrected chi connectivity index (χ0v) is 24.5. The quantitative estimate of drug-likeness (QED) is 0.145. The number of alkyl halides is 3. The lowest BCUT2D eigenvalue weighted by Crippen LogP contribution is -2.48. The van der Waals surface area contributed by atoms with Gasteiger partial charge in [0.1, 0.15) is 24.2 Å². The maximum atomic E-state index is 14.2. The molecule has 1 amide bonds. The number of nitrogens with zero attached hydrogens (tertiary/aromatic N) is 1. The number of sulfonamides is 1. The van der Waals surface area contributed by atoms with Crippen LogP contribution in [0.15, 0.2) is 95.9 Å². The molecule has 0 fully saturated rings. The summed E-state index contributed by atoms with van der Waals surface area (Å²) in [7, 11) is -3.16. The Morgan fingerprint density at radius 2 is 1.67 bits per heavy atom. The van der Waals surface area contributed by atoms with Gasteiger partial charge in [-0.2, -0.15) is 13.2 Å². The maximum absolute atomic E-state index is 14.2. The number of halogens is 4. The minimum absolute atomic E-state index is 0.0361. The Bertz CT molecular complexity index is 1850. The molecule has 1 N–H and O–H groups in total. The molecule has 0 aliphatic carbocycles. The lowest BCUT2D eigenvalue weighted by atomic mass is 10.0. The van der Waals surface area contributed by atoms with Crippen LogP contribution in [0, 0.1) is 5.82 Å². The largest absolute Gasteiger partial charge is 0.492 e. The molecule has 234 valence electrons. The number of carbonyl (C=O) groups excluding carboxylic acids is 2. The smallest absolute Gasteiger partial charge is 0.416 e. The summed E-state index contributed by atoms with van der Waals surface area (Å²) in [4.78, 5) is 24.7. The van der Waals surface area contributed by atoms with Crippen molar-refractivity contribution in [2.24, 2.45) is 0 Å². The van der Waals surface area contributed by atoms with E-state index in [1.807, 2.05) is 0 Å². The van der Waals surface area contributed by atoms with E-state index in [1.54, 1.807) is 24.3 Å². The van der Waals surface area contributed by atoms with Crippen LogP contribution in [-0.2, 0) is 32.2 Å². The van der Waals surface area contributed by atoms with Gasteiger partial charge < -0.3 is 14.8 Å². The van der Waals surface area contributed by atoms with Gasteiger partial charge in [-0.15, -0.1) is 0 Å². The molecule has 4 aromatic carbocycles. The third-order valence-corrected chi connectivity index (χ3v) is 9.02. The van der Waals surface area contributed by atoms with Crippen LogP contribution in [0.25, 0.3) is 11.1 Å². The highest BCUT2D eigenvalue weighted by Gasteiger charge is 2.42. The van der Waals surface area contributed by atoms with Crippen LogP contribution in [0.3, 0.4) is 0 Å². The molecule has 1 aliphatic heterocycles. The summed E-state index contributed by atoms with van der Waals surface area (Å²) in [5.74, 6) is -2.16. The van der Waals surface area contributed by atoms with Crippen LogP contribution in [0.2, 0.25) is 0 Å². The molecule has 4 aromatic rings. The Morgan fingerprint density at radius 3 is 2.36 bits per heavy atom. The Kier molecular flexibility index (Phi) is 8.82. The molecule has 8 nitrogen and oxygen atoms in total. The standard InChI is InChI=1S/C32H26F4N2O6S/c1-43-31(40)26-14-11-24(19-27(26)33)44-16-15-37-30(39)29-18-22-5-2-3-8-28(22)38(29)45(41,42)25-12-9-20(10-13-25)21-6-4-7-23(17-21)32(34,35)36/h2-14,17,19,29H,15-16,18H2,1H3,(H,37,39)/t29-/m0/s1. The highest BCUT2D eigenvalue weighted by molar-refractivity contribution is 7.93. The Labute approximate surface area is 256 Å². The SMILES string of the molecule is COC(=O)c1ccc(OCCNC(=O)[C@@H]2Cc3ccccc3N2S(=O)(=O)c2ccc(-c3cccc(C(F)(F)F)c3)cc2)cc1F. The number of methoxy groups -OCH3 is 1. The van der Waals surface area contributed by atoms with Gasteiger partial charge in [-0.3, -0.25) is 9.10 Å². The second-order valence-corrected chi connectivity index (χ2v) is 11.8. The molecule has 1 heterocycles. The van der Waals surface area contributed by atoms with Crippen LogP contribution in [0.1, 0.15) is 21.5 Å². The highest BCUT2D eigenvalue weighted by Crippen LogP contribution is 2.38. The van der Waals surface area contributed by atoms with Gasteiger partial charge in [0.05, 0.1) is 35.4 Å². The minimum atomic E-state index is -4.53. The van der Waals surface area contributed by atoms with Crippen molar-refractivity contribution >= 4 is 27.6 Å². The van der Waals surface area contributed by atoms with Crippen molar-refractivity contribution in [2.45, 2.75) is 23.5 Å². The van der Waals surface area contributed by atoms with Crippen molar-refractivity contribution in [2.75, 3.05) is 24.6 Å². The van der Waals surface area contributed by atoms with Gasteiger partial charge in [0, 0.05) is 12.5 Å². The molecule has 13 heteroatoms. The first kappa shape index (κ1) is 31.5. The third-order valence-electron chi connectivity index (χ3n) is 7.18. The van der Waals surface area contributed by atoms with E-state index in [1.165, 1.54) is 48.5 Å². The van der Waals surface area contributed by atoms with E-state index in [2.05, 4.69) is 10.1 Å². The summed E-state index contributed by atoms with van der Waals surface area (Å²) in [6, 6.07) is 19.3. The summed E-state index contributed by atoms with van der Waals surface area (Å²) in [6.07, 6.45) is -4.43. The number of nitrogens with one attached hydrogen (secondary N) is 1. The molecule has 0 spiro atoms. The molecule has 0 unspecified atom stereocenters. The molecule has 5 rings (SSSR count). The Balaban J connectivity index is 1.30. The number of hydrogen-bond acceptors (Lipinski definition) is 6. The van der Waals surface area contributed by atoms with Crippen LogP contribution in [-0.4, -0.2) is 46.6 Å². The van der Waals surface area contributed by atoms with Crippen molar-refractivity contribution in [3.8, 4) is 16.9 Å². The fourth-order valence-electron chi connectivity index (χ4n) is 4.98. The molecular weight excluding hydrogens is 616 g/mol. The molecular formula is C32H26F4N2O6S. The van der Waals surface area contributed by atoms with Gasteiger partial charge in [0.25, 0.3) is 10.0 Å². The second-order valence-electron chi connectivity index (χ2n) is 10.0. The summed E-state index contributed by atoms with van der Waals surface area (Å²) in [5, 5.41) is 2.65. The third kappa shape index (κ3) is 6.63. The van der Waals surface area contributed by atoms with Gasteiger partial charge in [0.15, 0.2) is 0 Å². The average molecular weight is 643 g/mol. The summed E-state index contributed by atoms with van der Waals surface area (Å²) in [5.41, 5.74) is 0.535. The Morgan fingerprint density at radius 1 is 0.933 bits per heavy atom. The van der Waals surface area contributed by atoms with Crippen molar-refractivity contribution in [3.63, 3.8) is 0 Å². The lowest BCUT2D eigenvalue weighted by Gasteiger charge is -2.26. The average Bonchev–Trinajstić information content (AvgIpc) is 3.43. The van der Waals surface area contributed by atoms with Gasteiger partial charge in [-0.05, 0) is 59.2 Å². The number of carbonyl (C=O) groups is 2. The second kappa shape index (κ2) is 12.6. The predicted octanol–water partition coefficient (Wildman–Crippen LogP) is 5.61. The molecule has 0 saturated carbocycles. The van der Waals surface area contributed by atoms with Gasteiger partial charge in [0.2, 0.25) is 5.91 Å². The summed E-state index contributed by atoms with van der Waals surface area (Å²) in [6.45, 7) is -0.113. The van der Waals surface area contributed by atoms with E-state index >= 15 is 0 Å². The number of benzene rings is 4. The van der Waals surface area contributed by atoms with E-state index in [9.17, 15) is 35.6 Å². The molecule has 1 aliphatic rings. The molecule has 45 heavy (non-hydrogen) atoms. The van der Waals surface area contributed by atoms with Crippen molar-refractivity contribution in [1.82, 2.24) is 5.32 Å². The van der Waals surface area contributed by atoms with Crippen LogP contribution in [0.4, 0.5) is 23.2 Å². The zero-order valence-electron chi connectivity index (χ0n) is 23.7. The molecule has 0 bridgehead atoms. The fourth-order valence-corrected chi connectivity index (χ4v) is 6.63. The number of fused-ring (bicyclic) bond motifs is 1. The molecule has 0 saturated heterocycles. The molecule has 0 aromatic heterocycles. The van der Waals surface area contributed by atoms with Crippen LogP contribution >= 0.6 is 0 Å². The number of hydrogen-bond donors (Lipinski definition) is 1. The first-order chi connectivity index (χ1) is 21.4. The van der Waals surface area contributed by atoms with Crippen LogP contribution in [0.5, 0.6) is 5.75 Å². The predicted molar refractivity (Wildman–Crippen MR) is 157 cm³/mol. The lowest BCUT2D eigenvalue weighted by molar-refractivity contribution is -0.137. The summed E-state index contributed by atoms with van der Waals surface area (Å²) >= 11 is 0. The summed E-state index contributed by atoms with van der Waals surface area (Å²) < 4.78 is 92.5. The van der Waals surface area contributed by atoms with Crippen molar-refractivity contribution in [1.29, 1.82) is 0 Å². The number of esters is 1. The molecule has 1 atom stereocenters. The van der Waals surface area contributed by atoms with Crippen molar-refractivity contribution in [3.05, 3.63) is 114 Å². The fraction of sp³-hybridized carbons (Fsp3) is 0.188. The Hall–Kier alpha value is -4.91. The first-order valence-corrected chi connectivity index (χ1v) is 15.0. The van der Waals surface area contributed by atoms with Crippen LogP contribution < -0.4 is 14.4 Å².